The third-order valence-corrected chi connectivity index (χ3v) is 2.68. The molecule has 0 N–H and O–H groups in total. The van der Waals surface area contributed by atoms with E-state index in [1.807, 2.05) is 55.6 Å². The first-order chi connectivity index (χ1) is 8.83. The van der Waals surface area contributed by atoms with E-state index in [0.29, 0.717) is 0 Å². The van der Waals surface area contributed by atoms with Gasteiger partial charge in [0.05, 0.1) is 5.69 Å². The van der Waals surface area contributed by atoms with Gasteiger partial charge in [-0.3, -0.25) is 0 Å². The topological polar surface area (TPSA) is 43.6 Å². The Hall–Kier alpha value is -2.49. The van der Waals surface area contributed by atoms with Crippen molar-refractivity contribution in [3.63, 3.8) is 0 Å². The number of hydrogen-bond donors (Lipinski definition) is 0. The standard InChI is InChI=1S/C14H12N4/c1-11-9-14(16-10-15-11)18-8-7-13(17-18)12-5-3-2-4-6-12/h2-10H,1H3. The van der Waals surface area contributed by atoms with Crippen molar-refractivity contribution >= 4 is 0 Å². The van der Waals surface area contributed by atoms with Crippen LogP contribution in [0.15, 0.2) is 55.0 Å². The van der Waals surface area contributed by atoms with E-state index >= 15 is 0 Å². The van der Waals surface area contributed by atoms with Gasteiger partial charge in [0.15, 0.2) is 5.82 Å². The van der Waals surface area contributed by atoms with Gasteiger partial charge in [-0.2, -0.15) is 5.10 Å². The molecule has 0 bridgehead atoms. The highest BCUT2D eigenvalue weighted by atomic mass is 15.3. The van der Waals surface area contributed by atoms with Crippen LogP contribution in [-0.4, -0.2) is 19.7 Å². The second-order valence-corrected chi connectivity index (χ2v) is 4.03. The van der Waals surface area contributed by atoms with Crippen LogP contribution in [0.5, 0.6) is 0 Å². The van der Waals surface area contributed by atoms with Gasteiger partial charge in [-0.05, 0) is 13.0 Å². The van der Waals surface area contributed by atoms with Gasteiger partial charge < -0.3 is 0 Å². The number of aromatic nitrogens is 4. The molecule has 0 radical (unpaired) electrons. The van der Waals surface area contributed by atoms with E-state index in [1.54, 1.807) is 11.0 Å². The average molecular weight is 236 g/mol. The van der Waals surface area contributed by atoms with Crippen molar-refractivity contribution in [1.29, 1.82) is 0 Å². The van der Waals surface area contributed by atoms with Crippen molar-refractivity contribution in [2.75, 3.05) is 0 Å². The molecule has 0 atom stereocenters. The first kappa shape index (κ1) is 10.7. The Bertz CT molecular complexity index is 658. The molecule has 0 spiro atoms. The third kappa shape index (κ3) is 2.00. The van der Waals surface area contributed by atoms with Gasteiger partial charge in [-0.15, -0.1) is 0 Å². The van der Waals surface area contributed by atoms with Crippen LogP contribution in [0.25, 0.3) is 17.1 Å². The van der Waals surface area contributed by atoms with Crippen molar-refractivity contribution in [1.82, 2.24) is 19.7 Å². The zero-order valence-corrected chi connectivity index (χ0v) is 9.99. The summed E-state index contributed by atoms with van der Waals surface area (Å²) in [6.45, 7) is 1.94. The molecule has 3 aromatic rings. The number of aryl methyl sites for hydroxylation is 1. The monoisotopic (exact) mass is 236 g/mol. The summed E-state index contributed by atoms with van der Waals surface area (Å²) in [5.41, 5.74) is 2.96. The smallest absolute Gasteiger partial charge is 0.156 e. The van der Waals surface area contributed by atoms with Gasteiger partial charge in [0, 0.05) is 23.5 Å². The summed E-state index contributed by atoms with van der Waals surface area (Å²) in [4.78, 5) is 8.28. The highest BCUT2D eigenvalue weighted by Gasteiger charge is 2.04. The van der Waals surface area contributed by atoms with Gasteiger partial charge in [0.25, 0.3) is 0 Å². The lowest BCUT2D eigenvalue weighted by Crippen LogP contribution is -1.99. The quantitative estimate of drug-likeness (QED) is 0.687. The van der Waals surface area contributed by atoms with Crippen molar-refractivity contribution in [2.45, 2.75) is 6.92 Å². The fourth-order valence-electron chi connectivity index (χ4n) is 1.78. The number of rotatable bonds is 2. The molecular weight excluding hydrogens is 224 g/mol. The molecule has 0 unspecified atom stereocenters. The van der Waals surface area contributed by atoms with Crippen LogP contribution in [0.4, 0.5) is 0 Å². The zero-order valence-electron chi connectivity index (χ0n) is 9.99. The maximum Gasteiger partial charge on any atom is 0.156 e. The van der Waals surface area contributed by atoms with E-state index in [4.69, 9.17) is 0 Å². The van der Waals surface area contributed by atoms with Crippen molar-refractivity contribution in [3.05, 3.63) is 60.7 Å². The molecule has 18 heavy (non-hydrogen) atoms. The van der Waals surface area contributed by atoms with Gasteiger partial charge in [-0.25, -0.2) is 14.6 Å². The van der Waals surface area contributed by atoms with E-state index < -0.39 is 0 Å². The molecular formula is C14H12N4. The largest absolute Gasteiger partial charge is 0.242 e. The first-order valence-electron chi connectivity index (χ1n) is 5.73. The Morgan fingerprint density at radius 3 is 2.61 bits per heavy atom. The highest BCUT2D eigenvalue weighted by Crippen LogP contribution is 2.17. The molecule has 4 heteroatoms. The fourth-order valence-corrected chi connectivity index (χ4v) is 1.78. The lowest BCUT2D eigenvalue weighted by Gasteiger charge is -2.00. The molecule has 2 heterocycles. The Kier molecular flexibility index (Phi) is 2.61. The van der Waals surface area contributed by atoms with Crippen LogP contribution in [0.1, 0.15) is 5.69 Å². The summed E-state index contributed by atoms with van der Waals surface area (Å²) in [6, 6.07) is 14.0. The van der Waals surface area contributed by atoms with E-state index in [1.165, 1.54) is 0 Å². The second-order valence-electron chi connectivity index (χ2n) is 4.03. The van der Waals surface area contributed by atoms with Crippen LogP contribution < -0.4 is 0 Å². The van der Waals surface area contributed by atoms with Crippen LogP contribution in [-0.2, 0) is 0 Å². The van der Waals surface area contributed by atoms with Gasteiger partial charge >= 0.3 is 0 Å². The van der Waals surface area contributed by atoms with E-state index in [9.17, 15) is 0 Å². The lowest BCUT2D eigenvalue weighted by molar-refractivity contribution is 0.838. The fraction of sp³-hybridized carbons (Fsp3) is 0.0714. The molecule has 4 nitrogen and oxygen atoms in total. The van der Waals surface area contributed by atoms with Crippen LogP contribution >= 0.6 is 0 Å². The molecule has 0 aliphatic carbocycles. The van der Waals surface area contributed by atoms with Crippen molar-refractivity contribution in [2.24, 2.45) is 0 Å². The lowest BCUT2D eigenvalue weighted by atomic mass is 10.2. The summed E-state index contributed by atoms with van der Waals surface area (Å²) in [5.74, 6) is 0.782. The normalized spacial score (nSPS) is 10.5. The zero-order chi connectivity index (χ0) is 12.4. The minimum atomic E-state index is 0.782. The van der Waals surface area contributed by atoms with Gasteiger partial charge in [0.2, 0.25) is 0 Å². The van der Waals surface area contributed by atoms with Crippen LogP contribution in [0.3, 0.4) is 0 Å². The molecule has 3 rings (SSSR count). The van der Waals surface area contributed by atoms with Crippen LogP contribution in [0.2, 0.25) is 0 Å². The Labute approximate surface area is 105 Å². The summed E-state index contributed by atoms with van der Waals surface area (Å²) in [5, 5.41) is 4.52. The molecule has 0 aliphatic heterocycles. The van der Waals surface area contributed by atoms with Gasteiger partial charge in [-0.1, -0.05) is 30.3 Å². The number of hydrogen-bond acceptors (Lipinski definition) is 3. The SMILES string of the molecule is Cc1cc(-n2ccc(-c3ccccc3)n2)ncn1. The maximum atomic E-state index is 4.52. The molecule has 0 amide bonds. The van der Waals surface area contributed by atoms with Gasteiger partial charge in [0.1, 0.15) is 6.33 Å². The van der Waals surface area contributed by atoms with E-state index in [2.05, 4.69) is 15.1 Å². The average Bonchev–Trinajstić information content (AvgIpc) is 2.89. The minimum Gasteiger partial charge on any atom is -0.242 e. The summed E-state index contributed by atoms with van der Waals surface area (Å²) >= 11 is 0. The van der Waals surface area contributed by atoms with Crippen LogP contribution in [0, 0.1) is 6.92 Å². The molecule has 0 saturated heterocycles. The number of benzene rings is 1. The first-order valence-corrected chi connectivity index (χ1v) is 5.73. The molecule has 0 aliphatic rings. The summed E-state index contributed by atoms with van der Waals surface area (Å²) < 4.78 is 1.76. The maximum absolute atomic E-state index is 4.52. The van der Waals surface area contributed by atoms with Crippen molar-refractivity contribution in [3.8, 4) is 17.1 Å². The Morgan fingerprint density at radius 1 is 1.00 bits per heavy atom. The van der Waals surface area contributed by atoms with E-state index in [-0.39, 0.29) is 0 Å². The highest BCUT2D eigenvalue weighted by molar-refractivity contribution is 5.58. The minimum absolute atomic E-state index is 0.782. The predicted molar refractivity (Wildman–Crippen MR) is 69.3 cm³/mol. The van der Waals surface area contributed by atoms with E-state index in [0.717, 1.165) is 22.8 Å². The summed E-state index contributed by atoms with van der Waals surface area (Å²) in [6.07, 6.45) is 3.46. The van der Waals surface area contributed by atoms with Crippen molar-refractivity contribution < 1.29 is 0 Å². The molecule has 0 saturated carbocycles. The molecule has 0 fully saturated rings. The second kappa shape index (κ2) is 4.41. The molecule has 1 aromatic carbocycles. The molecule has 88 valence electrons. The Balaban J connectivity index is 2.00. The summed E-state index contributed by atoms with van der Waals surface area (Å²) in [7, 11) is 0. The number of nitrogens with zero attached hydrogens (tertiary/aromatic N) is 4. The Morgan fingerprint density at radius 2 is 1.83 bits per heavy atom. The third-order valence-electron chi connectivity index (χ3n) is 2.68. The molecule has 2 aromatic heterocycles. The predicted octanol–water partition coefficient (Wildman–Crippen LogP) is 2.64.